The minimum atomic E-state index is -0.0359. The third-order valence-electron chi connectivity index (χ3n) is 2.56. The molecule has 0 aliphatic rings. The second-order valence-corrected chi connectivity index (χ2v) is 4.55. The highest BCUT2D eigenvalue weighted by Crippen LogP contribution is 2.28. The standard InChI is InChI=1S/C13H20NO/c1-10(2)13(14(15)11(3)4)12-8-6-5-7-9-12/h5-11,13H,1-4H3. The summed E-state index contributed by atoms with van der Waals surface area (Å²) in [5.74, 6) is 0.326. The maximum absolute atomic E-state index is 12.0. The van der Waals surface area contributed by atoms with Gasteiger partial charge >= 0.3 is 0 Å². The molecule has 0 N–H and O–H groups in total. The fourth-order valence-corrected chi connectivity index (χ4v) is 1.80. The van der Waals surface area contributed by atoms with Gasteiger partial charge in [-0.3, -0.25) is 0 Å². The van der Waals surface area contributed by atoms with Crippen LogP contribution in [-0.4, -0.2) is 11.1 Å². The molecule has 83 valence electrons. The molecule has 0 saturated heterocycles. The number of hydrogen-bond donors (Lipinski definition) is 0. The van der Waals surface area contributed by atoms with Crippen LogP contribution in [-0.2, 0) is 5.21 Å². The van der Waals surface area contributed by atoms with Gasteiger partial charge in [-0.15, -0.1) is 10.3 Å². The summed E-state index contributed by atoms with van der Waals surface area (Å²) in [4.78, 5) is 0. The molecule has 0 aliphatic carbocycles. The average Bonchev–Trinajstić information content (AvgIpc) is 2.18. The van der Waals surface area contributed by atoms with E-state index in [4.69, 9.17) is 0 Å². The van der Waals surface area contributed by atoms with Crippen LogP contribution < -0.4 is 0 Å². The van der Waals surface area contributed by atoms with Crippen LogP contribution in [0.15, 0.2) is 30.3 Å². The Balaban J connectivity index is 2.93. The average molecular weight is 206 g/mol. The second kappa shape index (κ2) is 5.29. The predicted molar refractivity (Wildman–Crippen MR) is 61.7 cm³/mol. The highest BCUT2D eigenvalue weighted by molar-refractivity contribution is 5.19. The van der Waals surface area contributed by atoms with Crippen molar-refractivity contribution in [3.05, 3.63) is 35.9 Å². The van der Waals surface area contributed by atoms with Crippen molar-refractivity contribution in [3.63, 3.8) is 0 Å². The zero-order valence-corrected chi connectivity index (χ0v) is 9.97. The van der Waals surface area contributed by atoms with Crippen molar-refractivity contribution in [2.24, 2.45) is 5.92 Å². The van der Waals surface area contributed by atoms with Crippen molar-refractivity contribution < 1.29 is 5.21 Å². The lowest BCUT2D eigenvalue weighted by atomic mass is 9.95. The second-order valence-electron chi connectivity index (χ2n) is 4.55. The normalized spacial score (nSPS) is 13.9. The van der Waals surface area contributed by atoms with Crippen LogP contribution >= 0.6 is 0 Å². The number of rotatable bonds is 4. The van der Waals surface area contributed by atoms with Crippen LogP contribution in [0.2, 0.25) is 0 Å². The van der Waals surface area contributed by atoms with Gasteiger partial charge in [0.05, 0.1) is 6.04 Å². The molecule has 0 bridgehead atoms. The topological polar surface area (TPSA) is 23.1 Å². The highest BCUT2D eigenvalue weighted by Gasteiger charge is 2.25. The number of hydroxylamine groups is 2. The van der Waals surface area contributed by atoms with Gasteiger partial charge in [0.15, 0.2) is 0 Å². The summed E-state index contributed by atoms with van der Waals surface area (Å²) in [5.41, 5.74) is 1.11. The highest BCUT2D eigenvalue weighted by atomic mass is 16.5. The molecule has 1 unspecified atom stereocenters. The first-order valence-electron chi connectivity index (χ1n) is 5.54. The molecule has 15 heavy (non-hydrogen) atoms. The molecular weight excluding hydrogens is 186 g/mol. The predicted octanol–water partition coefficient (Wildman–Crippen LogP) is 3.44. The number of nitrogens with zero attached hydrogens (tertiary/aromatic N) is 1. The molecule has 0 saturated carbocycles. The Kier molecular flexibility index (Phi) is 4.30. The van der Waals surface area contributed by atoms with E-state index in [-0.39, 0.29) is 12.1 Å². The molecule has 0 spiro atoms. The number of benzene rings is 1. The van der Waals surface area contributed by atoms with Crippen LogP contribution in [0, 0.1) is 5.92 Å². The van der Waals surface area contributed by atoms with Gasteiger partial charge in [-0.05, 0) is 25.3 Å². The first kappa shape index (κ1) is 12.2. The van der Waals surface area contributed by atoms with Gasteiger partial charge in [0.2, 0.25) is 0 Å². The van der Waals surface area contributed by atoms with Gasteiger partial charge in [-0.2, -0.15) is 0 Å². The SMILES string of the molecule is CC(C)C(c1ccccc1)N([O])C(C)C. The summed E-state index contributed by atoms with van der Waals surface area (Å²) < 4.78 is 0. The molecule has 0 amide bonds. The van der Waals surface area contributed by atoms with Crippen molar-refractivity contribution in [1.82, 2.24) is 5.06 Å². The summed E-state index contributed by atoms with van der Waals surface area (Å²) in [7, 11) is 0. The monoisotopic (exact) mass is 206 g/mol. The van der Waals surface area contributed by atoms with Crippen LogP contribution in [0.25, 0.3) is 0 Å². The van der Waals surface area contributed by atoms with Crippen LogP contribution in [0.4, 0.5) is 0 Å². The van der Waals surface area contributed by atoms with E-state index in [1.54, 1.807) is 0 Å². The summed E-state index contributed by atoms with van der Waals surface area (Å²) in [6.45, 7) is 8.05. The van der Waals surface area contributed by atoms with E-state index in [1.165, 1.54) is 5.06 Å². The van der Waals surface area contributed by atoms with E-state index >= 15 is 0 Å². The lowest BCUT2D eigenvalue weighted by Crippen LogP contribution is -2.33. The van der Waals surface area contributed by atoms with Crippen molar-refractivity contribution >= 4 is 0 Å². The van der Waals surface area contributed by atoms with Gasteiger partial charge in [-0.25, -0.2) is 0 Å². The minimum Gasteiger partial charge on any atom is -0.145 e. The van der Waals surface area contributed by atoms with Gasteiger partial charge in [0.1, 0.15) is 0 Å². The molecular formula is C13H20NO. The van der Waals surface area contributed by atoms with Gasteiger partial charge in [-0.1, -0.05) is 44.2 Å². The largest absolute Gasteiger partial charge is 0.145 e. The molecule has 1 atom stereocenters. The minimum absolute atomic E-state index is 0.0256. The van der Waals surface area contributed by atoms with E-state index < -0.39 is 0 Å². The summed E-state index contributed by atoms with van der Waals surface area (Å²) >= 11 is 0. The smallest absolute Gasteiger partial charge is 0.0658 e. The van der Waals surface area contributed by atoms with Gasteiger partial charge < -0.3 is 0 Å². The Labute approximate surface area is 92.5 Å². The Morgan fingerprint density at radius 1 is 1.00 bits per heavy atom. The molecule has 1 aromatic carbocycles. The molecule has 0 heterocycles. The fraction of sp³-hybridized carbons (Fsp3) is 0.538. The van der Waals surface area contributed by atoms with Crippen molar-refractivity contribution in [2.45, 2.75) is 39.8 Å². The summed E-state index contributed by atoms with van der Waals surface area (Å²) in [6, 6.07) is 9.99. The van der Waals surface area contributed by atoms with E-state index in [0.717, 1.165) is 5.56 Å². The Bertz CT molecular complexity index is 282. The molecule has 0 aromatic heterocycles. The van der Waals surface area contributed by atoms with Crippen molar-refractivity contribution in [2.75, 3.05) is 0 Å². The maximum Gasteiger partial charge on any atom is 0.0658 e. The maximum atomic E-state index is 12.0. The van der Waals surface area contributed by atoms with E-state index in [0.29, 0.717) is 5.92 Å². The molecule has 2 nitrogen and oxygen atoms in total. The lowest BCUT2D eigenvalue weighted by molar-refractivity contribution is -0.219. The van der Waals surface area contributed by atoms with E-state index in [1.807, 2.05) is 44.2 Å². The zero-order chi connectivity index (χ0) is 11.4. The molecule has 0 aliphatic heterocycles. The molecule has 1 aromatic rings. The first-order valence-corrected chi connectivity index (χ1v) is 5.54. The third kappa shape index (κ3) is 3.05. The Hall–Kier alpha value is -0.860. The Morgan fingerprint density at radius 2 is 1.53 bits per heavy atom. The van der Waals surface area contributed by atoms with Gasteiger partial charge in [0.25, 0.3) is 0 Å². The van der Waals surface area contributed by atoms with E-state index in [9.17, 15) is 5.21 Å². The fourth-order valence-electron chi connectivity index (χ4n) is 1.80. The first-order chi connectivity index (χ1) is 7.04. The third-order valence-corrected chi connectivity index (χ3v) is 2.56. The van der Waals surface area contributed by atoms with Crippen LogP contribution in [0.3, 0.4) is 0 Å². The van der Waals surface area contributed by atoms with Crippen molar-refractivity contribution in [1.29, 1.82) is 0 Å². The molecule has 2 heteroatoms. The Morgan fingerprint density at radius 3 is 1.93 bits per heavy atom. The van der Waals surface area contributed by atoms with Crippen LogP contribution in [0.1, 0.15) is 39.3 Å². The van der Waals surface area contributed by atoms with Crippen molar-refractivity contribution in [3.8, 4) is 0 Å². The summed E-state index contributed by atoms with van der Waals surface area (Å²) in [5, 5.41) is 13.2. The zero-order valence-electron chi connectivity index (χ0n) is 9.97. The quantitative estimate of drug-likeness (QED) is 0.692. The van der Waals surface area contributed by atoms with E-state index in [2.05, 4.69) is 13.8 Å². The van der Waals surface area contributed by atoms with Crippen LogP contribution in [0.5, 0.6) is 0 Å². The molecule has 0 fully saturated rings. The number of hydrogen-bond acceptors (Lipinski definition) is 1. The molecule has 1 radical (unpaired) electrons. The summed E-state index contributed by atoms with van der Waals surface area (Å²) in [6.07, 6.45) is 0. The van der Waals surface area contributed by atoms with Gasteiger partial charge in [0, 0.05) is 6.04 Å². The lowest BCUT2D eigenvalue weighted by Gasteiger charge is -2.30. The molecule has 1 rings (SSSR count).